The van der Waals surface area contributed by atoms with Crippen LogP contribution in [0.3, 0.4) is 0 Å². The van der Waals surface area contributed by atoms with Gasteiger partial charge < -0.3 is 10.1 Å². The molecule has 0 saturated heterocycles. The molecule has 0 spiro atoms. The second-order valence-electron chi connectivity index (χ2n) is 4.98. The van der Waals surface area contributed by atoms with E-state index >= 15 is 0 Å². The van der Waals surface area contributed by atoms with Gasteiger partial charge in [-0.25, -0.2) is 4.98 Å². The molecule has 1 N–H and O–H groups in total. The van der Waals surface area contributed by atoms with Gasteiger partial charge in [-0.3, -0.25) is 9.78 Å². The molecule has 21 heavy (non-hydrogen) atoms. The molecule has 1 unspecified atom stereocenters. The van der Waals surface area contributed by atoms with E-state index in [-0.39, 0.29) is 11.9 Å². The van der Waals surface area contributed by atoms with Crippen molar-refractivity contribution in [1.82, 2.24) is 9.97 Å². The molecule has 0 aromatic carbocycles. The van der Waals surface area contributed by atoms with E-state index < -0.39 is 0 Å². The lowest BCUT2D eigenvalue weighted by atomic mass is 10.1. The van der Waals surface area contributed by atoms with Gasteiger partial charge in [-0.15, -0.1) is 11.3 Å². The number of hydrogen-bond acceptors (Lipinski definition) is 6. The van der Waals surface area contributed by atoms with Crippen LogP contribution in [0.2, 0.25) is 0 Å². The summed E-state index contributed by atoms with van der Waals surface area (Å²) in [5, 5.41) is 4.05. The average molecular weight is 303 g/mol. The summed E-state index contributed by atoms with van der Waals surface area (Å²) in [7, 11) is 0. The van der Waals surface area contributed by atoms with Gasteiger partial charge in [0, 0.05) is 10.6 Å². The van der Waals surface area contributed by atoms with Gasteiger partial charge in [-0.2, -0.15) is 0 Å². The summed E-state index contributed by atoms with van der Waals surface area (Å²) in [6.07, 6.45) is 3.48. The Kier molecular flexibility index (Phi) is 3.88. The number of esters is 1. The number of carbonyl (C=O) groups is 1. The van der Waals surface area contributed by atoms with Crippen molar-refractivity contribution in [2.75, 3.05) is 11.9 Å². The van der Waals surface area contributed by atoms with E-state index in [2.05, 4.69) is 15.3 Å². The standard InChI is InChI=1S/C15H17N3O2S/c1-3-20-14(19)11-6-7-12-13(11)18-15(21-12)17-10-5-4-9(2)16-8-10/h4-5,8,11H,3,6-7H2,1-2H3,(H,17,18). The van der Waals surface area contributed by atoms with Crippen LogP contribution >= 0.6 is 11.3 Å². The zero-order chi connectivity index (χ0) is 14.8. The van der Waals surface area contributed by atoms with Crippen LogP contribution in [0.1, 0.15) is 35.5 Å². The predicted molar refractivity (Wildman–Crippen MR) is 82.1 cm³/mol. The second-order valence-corrected chi connectivity index (χ2v) is 6.07. The summed E-state index contributed by atoms with van der Waals surface area (Å²) < 4.78 is 5.12. The van der Waals surface area contributed by atoms with Crippen LogP contribution in [0, 0.1) is 6.92 Å². The molecule has 1 aliphatic carbocycles. The minimum absolute atomic E-state index is 0.162. The van der Waals surface area contributed by atoms with Crippen LogP contribution in [0.15, 0.2) is 18.3 Å². The number of fused-ring (bicyclic) bond motifs is 1. The number of nitrogens with zero attached hydrogens (tertiary/aromatic N) is 2. The lowest BCUT2D eigenvalue weighted by Gasteiger charge is -2.08. The molecule has 0 aliphatic heterocycles. The molecule has 2 aromatic heterocycles. The molecule has 1 aliphatic rings. The first kappa shape index (κ1) is 14.0. The molecule has 3 rings (SSSR count). The van der Waals surface area contributed by atoms with Crippen LogP contribution in [0.4, 0.5) is 10.8 Å². The van der Waals surface area contributed by atoms with Crippen molar-refractivity contribution in [3.05, 3.63) is 34.6 Å². The fraction of sp³-hybridized carbons (Fsp3) is 0.400. The number of hydrogen-bond donors (Lipinski definition) is 1. The molecular formula is C15H17N3O2S. The number of nitrogens with one attached hydrogen (secondary N) is 1. The Morgan fingerprint density at radius 3 is 3.10 bits per heavy atom. The number of pyridine rings is 1. The highest BCUT2D eigenvalue weighted by molar-refractivity contribution is 7.15. The van der Waals surface area contributed by atoms with E-state index in [1.807, 2.05) is 26.0 Å². The van der Waals surface area contributed by atoms with Crippen LogP contribution in [0.25, 0.3) is 0 Å². The molecule has 0 saturated carbocycles. The summed E-state index contributed by atoms with van der Waals surface area (Å²) in [4.78, 5) is 21.9. The summed E-state index contributed by atoms with van der Waals surface area (Å²) in [6, 6.07) is 3.92. The first-order chi connectivity index (χ1) is 10.2. The SMILES string of the molecule is CCOC(=O)C1CCc2sc(Nc3ccc(C)nc3)nc21. The Hall–Kier alpha value is -1.95. The molecule has 2 aromatic rings. The highest BCUT2D eigenvalue weighted by Gasteiger charge is 2.33. The minimum Gasteiger partial charge on any atom is -0.465 e. The van der Waals surface area contributed by atoms with Crippen LogP contribution < -0.4 is 5.32 Å². The highest BCUT2D eigenvalue weighted by atomic mass is 32.1. The van der Waals surface area contributed by atoms with Gasteiger partial charge in [-0.05, 0) is 38.8 Å². The van der Waals surface area contributed by atoms with Gasteiger partial charge in [-0.1, -0.05) is 0 Å². The van der Waals surface area contributed by atoms with Crippen molar-refractivity contribution in [2.24, 2.45) is 0 Å². The second kappa shape index (κ2) is 5.81. The highest BCUT2D eigenvalue weighted by Crippen LogP contribution is 2.39. The molecule has 110 valence electrons. The van der Waals surface area contributed by atoms with Gasteiger partial charge in [0.25, 0.3) is 0 Å². The molecule has 0 amide bonds. The molecular weight excluding hydrogens is 286 g/mol. The summed E-state index contributed by atoms with van der Waals surface area (Å²) in [6.45, 7) is 4.19. The average Bonchev–Trinajstić information content (AvgIpc) is 3.01. The van der Waals surface area contributed by atoms with Gasteiger partial charge in [0.2, 0.25) is 0 Å². The number of anilines is 2. The van der Waals surface area contributed by atoms with Crippen molar-refractivity contribution in [2.45, 2.75) is 32.6 Å². The predicted octanol–water partition coefficient (Wildman–Crippen LogP) is 3.18. The number of thiazole rings is 1. The summed E-state index contributed by atoms with van der Waals surface area (Å²) in [5.41, 5.74) is 2.76. The number of rotatable bonds is 4. The summed E-state index contributed by atoms with van der Waals surface area (Å²) >= 11 is 1.60. The maximum atomic E-state index is 11.9. The fourth-order valence-electron chi connectivity index (χ4n) is 2.42. The number of ether oxygens (including phenoxy) is 1. The van der Waals surface area contributed by atoms with E-state index in [4.69, 9.17) is 4.74 Å². The third kappa shape index (κ3) is 2.90. The van der Waals surface area contributed by atoms with Crippen LogP contribution in [-0.2, 0) is 16.0 Å². The Labute approximate surface area is 127 Å². The smallest absolute Gasteiger partial charge is 0.315 e. The quantitative estimate of drug-likeness (QED) is 0.879. The van der Waals surface area contributed by atoms with Crippen molar-refractivity contribution < 1.29 is 9.53 Å². The molecule has 0 bridgehead atoms. The third-order valence-electron chi connectivity index (χ3n) is 3.45. The third-order valence-corrected chi connectivity index (χ3v) is 4.50. The van der Waals surface area contributed by atoms with Gasteiger partial charge in [0.1, 0.15) is 5.92 Å². The molecule has 2 heterocycles. The Bertz CT molecular complexity index is 651. The normalized spacial score (nSPS) is 16.6. The van der Waals surface area contributed by atoms with E-state index in [0.29, 0.717) is 6.61 Å². The molecule has 0 fully saturated rings. The Morgan fingerprint density at radius 1 is 1.52 bits per heavy atom. The monoisotopic (exact) mass is 303 g/mol. The van der Waals surface area contributed by atoms with Crippen molar-refractivity contribution in [3.8, 4) is 0 Å². The Balaban J connectivity index is 1.77. The maximum absolute atomic E-state index is 11.9. The zero-order valence-corrected chi connectivity index (χ0v) is 12.9. The number of aromatic nitrogens is 2. The summed E-state index contributed by atoms with van der Waals surface area (Å²) in [5.74, 6) is -0.368. The van der Waals surface area contributed by atoms with Crippen LogP contribution in [0.5, 0.6) is 0 Å². The molecule has 6 heteroatoms. The van der Waals surface area contributed by atoms with Gasteiger partial charge >= 0.3 is 5.97 Å². The van der Waals surface area contributed by atoms with Crippen molar-refractivity contribution in [3.63, 3.8) is 0 Å². The largest absolute Gasteiger partial charge is 0.465 e. The van der Waals surface area contributed by atoms with Gasteiger partial charge in [0.15, 0.2) is 5.13 Å². The van der Waals surface area contributed by atoms with E-state index in [1.165, 1.54) is 4.88 Å². The topological polar surface area (TPSA) is 64.1 Å². The van der Waals surface area contributed by atoms with Gasteiger partial charge in [0.05, 0.1) is 24.2 Å². The zero-order valence-electron chi connectivity index (χ0n) is 12.0. The lowest BCUT2D eigenvalue weighted by Crippen LogP contribution is -2.14. The molecule has 1 atom stereocenters. The number of carbonyl (C=O) groups excluding carboxylic acids is 1. The fourth-order valence-corrected chi connectivity index (χ4v) is 3.48. The van der Waals surface area contributed by atoms with Crippen molar-refractivity contribution in [1.29, 1.82) is 0 Å². The lowest BCUT2D eigenvalue weighted by molar-refractivity contribution is -0.145. The van der Waals surface area contributed by atoms with Crippen LogP contribution in [-0.4, -0.2) is 22.5 Å². The molecule has 0 radical (unpaired) electrons. The van der Waals surface area contributed by atoms with E-state index in [9.17, 15) is 4.79 Å². The Morgan fingerprint density at radius 2 is 2.38 bits per heavy atom. The number of aryl methyl sites for hydroxylation is 2. The van der Waals surface area contributed by atoms with E-state index in [0.717, 1.165) is 35.0 Å². The minimum atomic E-state index is -0.206. The van der Waals surface area contributed by atoms with E-state index in [1.54, 1.807) is 17.5 Å². The first-order valence-electron chi connectivity index (χ1n) is 7.03. The maximum Gasteiger partial charge on any atom is 0.315 e. The van der Waals surface area contributed by atoms with Crippen molar-refractivity contribution >= 4 is 28.1 Å². The molecule has 5 nitrogen and oxygen atoms in total. The first-order valence-corrected chi connectivity index (χ1v) is 7.85.